The van der Waals surface area contributed by atoms with Crippen molar-refractivity contribution in [3.05, 3.63) is 4.77 Å². The number of likely N-dealkylation sites (N-methyl/N-ethyl adjacent to an activating group) is 1. The molecule has 1 aliphatic heterocycles. The van der Waals surface area contributed by atoms with Crippen molar-refractivity contribution in [2.75, 3.05) is 31.6 Å². The fourth-order valence-electron chi connectivity index (χ4n) is 2.41. The van der Waals surface area contributed by atoms with Crippen LogP contribution in [0.5, 0.6) is 0 Å². The molecule has 1 saturated heterocycles. The summed E-state index contributed by atoms with van der Waals surface area (Å²) in [7, 11) is 2.18. The standard InChI is InChI=1S/C11H19N5S/c1-8-7-15(6-5-14(8)2)10-12-13-11(17)16(10)9-3-4-9/h8-9H,3-7H2,1-2H3,(H,13,17). The molecule has 1 unspecified atom stereocenters. The monoisotopic (exact) mass is 253 g/mol. The van der Waals surface area contributed by atoms with Gasteiger partial charge in [0.1, 0.15) is 0 Å². The number of H-pyrrole nitrogens is 1. The Hall–Kier alpha value is -0.880. The Balaban J connectivity index is 1.86. The Kier molecular flexibility index (Phi) is 2.71. The lowest BCUT2D eigenvalue weighted by Gasteiger charge is -2.38. The van der Waals surface area contributed by atoms with Crippen LogP contribution < -0.4 is 4.90 Å². The molecule has 6 heteroatoms. The summed E-state index contributed by atoms with van der Waals surface area (Å²) in [6.45, 7) is 5.41. The minimum atomic E-state index is 0.571. The first-order chi connectivity index (χ1) is 8.16. The van der Waals surface area contributed by atoms with Crippen LogP contribution in [0.15, 0.2) is 0 Å². The molecule has 1 N–H and O–H groups in total. The first kappa shape index (κ1) is 11.2. The van der Waals surface area contributed by atoms with Gasteiger partial charge in [-0.2, -0.15) is 0 Å². The average Bonchev–Trinajstić information content (AvgIpc) is 3.06. The SMILES string of the molecule is CC1CN(c2n[nH]c(=S)n2C2CC2)CCN1C. The molecule has 1 aromatic heterocycles. The van der Waals surface area contributed by atoms with Crippen molar-refractivity contribution < 1.29 is 0 Å². The van der Waals surface area contributed by atoms with E-state index in [0.717, 1.165) is 30.4 Å². The fraction of sp³-hybridized carbons (Fsp3) is 0.818. The predicted octanol–water partition coefficient (Wildman–Crippen LogP) is 1.42. The number of piperazine rings is 1. The van der Waals surface area contributed by atoms with E-state index in [1.807, 2.05) is 0 Å². The van der Waals surface area contributed by atoms with Crippen molar-refractivity contribution in [2.45, 2.75) is 31.8 Å². The van der Waals surface area contributed by atoms with E-state index in [0.29, 0.717) is 12.1 Å². The maximum atomic E-state index is 5.32. The smallest absolute Gasteiger partial charge is 0.226 e. The number of aromatic nitrogens is 3. The number of nitrogens with zero attached hydrogens (tertiary/aromatic N) is 4. The largest absolute Gasteiger partial charge is 0.338 e. The zero-order valence-electron chi connectivity index (χ0n) is 10.4. The maximum Gasteiger partial charge on any atom is 0.226 e. The zero-order chi connectivity index (χ0) is 12.0. The van der Waals surface area contributed by atoms with Gasteiger partial charge in [-0.1, -0.05) is 0 Å². The summed E-state index contributed by atoms with van der Waals surface area (Å²) < 4.78 is 2.97. The lowest BCUT2D eigenvalue weighted by molar-refractivity contribution is 0.232. The van der Waals surface area contributed by atoms with E-state index >= 15 is 0 Å². The van der Waals surface area contributed by atoms with Crippen LogP contribution >= 0.6 is 12.2 Å². The highest BCUT2D eigenvalue weighted by atomic mass is 32.1. The van der Waals surface area contributed by atoms with E-state index in [4.69, 9.17) is 12.2 Å². The third kappa shape index (κ3) is 1.99. The molecule has 2 fully saturated rings. The van der Waals surface area contributed by atoms with Gasteiger partial charge in [0, 0.05) is 31.7 Å². The number of nitrogens with one attached hydrogen (secondary N) is 1. The first-order valence-electron chi connectivity index (χ1n) is 6.29. The van der Waals surface area contributed by atoms with E-state index in [9.17, 15) is 0 Å². The Morgan fingerprint density at radius 3 is 2.76 bits per heavy atom. The van der Waals surface area contributed by atoms with E-state index in [-0.39, 0.29) is 0 Å². The highest BCUT2D eigenvalue weighted by Crippen LogP contribution is 2.38. The van der Waals surface area contributed by atoms with Crippen LogP contribution in [0.1, 0.15) is 25.8 Å². The number of aromatic amines is 1. The summed E-state index contributed by atoms with van der Waals surface area (Å²) in [6, 6.07) is 1.16. The van der Waals surface area contributed by atoms with E-state index < -0.39 is 0 Å². The summed E-state index contributed by atoms with van der Waals surface area (Å²) in [6.07, 6.45) is 2.48. The van der Waals surface area contributed by atoms with Crippen LogP contribution in [0, 0.1) is 4.77 Å². The van der Waals surface area contributed by atoms with Gasteiger partial charge in [-0.15, -0.1) is 5.10 Å². The molecule has 1 aliphatic carbocycles. The molecule has 94 valence electrons. The van der Waals surface area contributed by atoms with Crippen LogP contribution in [-0.2, 0) is 0 Å². The van der Waals surface area contributed by atoms with Crippen LogP contribution in [0.2, 0.25) is 0 Å². The number of anilines is 1. The molecule has 3 rings (SSSR count). The molecule has 1 saturated carbocycles. The lowest BCUT2D eigenvalue weighted by atomic mass is 10.2. The molecule has 17 heavy (non-hydrogen) atoms. The molecule has 1 atom stereocenters. The molecule has 5 nitrogen and oxygen atoms in total. The summed E-state index contributed by atoms with van der Waals surface area (Å²) in [5.41, 5.74) is 0. The number of hydrogen-bond donors (Lipinski definition) is 1. The quantitative estimate of drug-likeness (QED) is 0.809. The molecule has 0 amide bonds. The first-order valence-corrected chi connectivity index (χ1v) is 6.69. The van der Waals surface area contributed by atoms with Crippen molar-refractivity contribution in [1.29, 1.82) is 0 Å². The number of hydrogen-bond acceptors (Lipinski definition) is 4. The van der Waals surface area contributed by atoms with Gasteiger partial charge in [-0.3, -0.25) is 4.57 Å². The maximum absolute atomic E-state index is 5.32. The summed E-state index contributed by atoms with van der Waals surface area (Å²) in [5.74, 6) is 1.04. The molecule has 0 radical (unpaired) electrons. The van der Waals surface area contributed by atoms with Crippen molar-refractivity contribution in [2.24, 2.45) is 0 Å². The molecule has 2 aliphatic rings. The van der Waals surface area contributed by atoms with Gasteiger partial charge in [0.15, 0.2) is 4.77 Å². The second kappa shape index (κ2) is 4.10. The van der Waals surface area contributed by atoms with Gasteiger partial charge in [-0.25, -0.2) is 5.10 Å². The van der Waals surface area contributed by atoms with Gasteiger partial charge in [0.25, 0.3) is 0 Å². The normalized spacial score (nSPS) is 26.5. The minimum Gasteiger partial charge on any atom is -0.338 e. The summed E-state index contributed by atoms with van der Waals surface area (Å²) in [5, 5.41) is 7.36. The Morgan fingerprint density at radius 2 is 2.12 bits per heavy atom. The third-order valence-corrected chi connectivity index (χ3v) is 4.13. The molecule has 0 spiro atoms. The Bertz CT molecular complexity index is 461. The highest BCUT2D eigenvalue weighted by Gasteiger charge is 2.31. The summed E-state index contributed by atoms with van der Waals surface area (Å²) in [4.78, 5) is 4.74. The summed E-state index contributed by atoms with van der Waals surface area (Å²) >= 11 is 5.32. The Labute approximate surface area is 106 Å². The van der Waals surface area contributed by atoms with E-state index in [1.165, 1.54) is 12.8 Å². The van der Waals surface area contributed by atoms with Gasteiger partial charge >= 0.3 is 0 Å². The zero-order valence-corrected chi connectivity index (χ0v) is 11.2. The minimum absolute atomic E-state index is 0.571. The second-order valence-electron chi connectivity index (χ2n) is 5.21. The lowest BCUT2D eigenvalue weighted by Crippen LogP contribution is -2.50. The van der Waals surface area contributed by atoms with Crippen LogP contribution in [0.3, 0.4) is 0 Å². The molecular weight excluding hydrogens is 234 g/mol. The molecular formula is C11H19N5S. The highest BCUT2D eigenvalue weighted by molar-refractivity contribution is 7.71. The van der Waals surface area contributed by atoms with E-state index in [1.54, 1.807) is 0 Å². The third-order valence-electron chi connectivity index (χ3n) is 3.84. The van der Waals surface area contributed by atoms with Crippen LogP contribution in [-0.4, -0.2) is 52.4 Å². The predicted molar refractivity (Wildman–Crippen MR) is 70.0 cm³/mol. The van der Waals surface area contributed by atoms with Gasteiger partial charge in [0.2, 0.25) is 5.95 Å². The molecule has 1 aromatic rings. The van der Waals surface area contributed by atoms with Crippen molar-refractivity contribution in [3.8, 4) is 0 Å². The van der Waals surface area contributed by atoms with Crippen molar-refractivity contribution in [3.63, 3.8) is 0 Å². The van der Waals surface area contributed by atoms with Crippen LogP contribution in [0.25, 0.3) is 0 Å². The second-order valence-corrected chi connectivity index (χ2v) is 5.59. The average molecular weight is 253 g/mol. The number of rotatable bonds is 2. The van der Waals surface area contributed by atoms with Gasteiger partial charge in [0.05, 0.1) is 0 Å². The molecule has 0 aromatic carbocycles. The fourth-order valence-corrected chi connectivity index (χ4v) is 2.69. The van der Waals surface area contributed by atoms with Gasteiger partial charge < -0.3 is 9.80 Å². The Morgan fingerprint density at radius 1 is 1.35 bits per heavy atom. The molecule has 0 bridgehead atoms. The van der Waals surface area contributed by atoms with Crippen LogP contribution in [0.4, 0.5) is 5.95 Å². The molecule has 2 heterocycles. The van der Waals surface area contributed by atoms with Crippen molar-refractivity contribution >= 4 is 18.2 Å². The van der Waals surface area contributed by atoms with Crippen molar-refractivity contribution in [1.82, 2.24) is 19.7 Å². The van der Waals surface area contributed by atoms with Gasteiger partial charge in [-0.05, 0) is 39.0 Å². The van der Waals surface area contributed by atoms with E-state index in [2.05, 4.69) is 38.5 Å². The topological polar surface area (TPSA) is 40.1 Å².